The van der Waals surface area contributed by atoms with E-state index in [4.69, 9.17) is 9.47 Å². The van der Waals surface area contributed by atoms with Crippen molar-refractivity contribution in [2.45, 2.75) is 57.1 Å². The normalized spacial score (nSPS) is 22.2. The number of fused-ring (bicyclic) bond motifs is 2. The fourth-order valence-corrected chi connectivity index (χ4v) is 4.74. The minimum Gasteiger partial charge on any atom is -0.492 e. The van der Waals surface area contributed by atoms with Crippen LogP contribution >= 0.6 is 0 Å². The summed E-state index contributed by atoms with van der Waals surface area (Å²) in [4.78, 5) is 25.7. The van der Waals surface area contributed by atoms with E-state index in [1.165, 1.54) is 0 Å². The molecule has 2 aromatic carbocycles. The number of nitrogens with one attached hydrogen (secondary N) is 1. The van der Waals surface area contributed by atoms with Crippen molar-refractivity contribution >= 4 is 17.9 Å². The highest BCUT2D eigenvalue weighted by atomic mass is 16.6. The number of rotatable bonds is 3. The first-order valence-electron chi connectivity index (χ1n) is 11.0. The van der Waals surface area contributed by atoms with E-state index in [9.17, 15) is 14.7 Å². The van der Waals surface area contributed by atoms with Crippen LogP contribution in [0.25, 0.3) is 0 Å². The zero-order chi connectivity index (χ0) is 22.9. The Hall–Kier alpha value is -3.22. The van der Waals surface area contributed by atoms with Crippen LogP contribution in [0.15, 0.2) is 48.5 Å². The summed E-state index contributed by atoms with van der Waals surface area (Å²) < 4.78 is 11.4. The number of hydrogen-bond donors (Lipinski definition) is 2. The van der Waals surface area contributed by atoms with Gasteiger partial charge in [0.1, 0.15) is 11.4 Å². The number of amides is 2. The van der Waals surface area contributed by atoms with E-state index >= 15 is 0 Å². The predicted octanol–water partition coefficient (Wildman–Crippen LogP) is 5.05. The number of carbonyl (C=O) groups is 2. The molecule has 32 heavy (non-hydrogen) atoms. The quantitative estimate of drug-likeness (QED) is 0.700. The third kappa shape index (κ3) is 4.66. The summed E-state index contributed by atoms with van der Waals surface area (Å²) >= 11 is 0. The minimum atomic E-state index is -0.889. The summed E-state index contributed by atoms with van der Waals surface area (Å²) in [6.07, 6.45) is 0.596. The molecule has 0 aromatic heterocycles. The predicted molar refractivity (Wildman–Crippen MR) is 121 cm³/mol. The van der Waals surface area contributed by atoms with Gasteiger partial charge in [-0.15, -0.1) is 0 Å². The summed E-state index contributed by atoms with van der Waals surface area (Å²) in [5.74, 6) is 0.793. The lowest BCUT2D eigenvalue weighted by molar-refractivity contribution is 0.0634. The van der Waals surface area contributed by atoms with Crippen LogP contribution in [0.1, 0.15) is 44.7 Å². The first-order valence-corrected chi connectivity index (χ1v) is 11.0. The fraction of sp³-hybridized carbons (Fsp3) is 0.440. The fourth-order valence-electron chi connectivity index (χ4n) is 4.74. The molecule has 0 saturated carbocycles. The standard InChI is InChI=1S/C25H30N2O5/c1-24(2,3)32-22(28)26-18-9-10-21-20(14-18)25(16-31-21)11-12-27(23(29)30)19(15-25)13-17-7-5-4-6-8-17/h4-10,14,19H,11-13,15-16H2,1-3H3,(H,26,28)(H,29,30). The van der Waals surface area contributed by atoms with Gasteiger partial charge in [-0.2, -0.15) is 0 Å². The molecule has 2 atom stereocenters. The van der Waals surface area contributed by atoms with Crippen LogP contribution in [0.4, 0.5) is 15.3 Å². The minimum absolute atomic E-state index is 0.152. The van der Waals surface area contributed by atoms with Gasteiger partial charge >= 0.3 is 12.2 Å². The van der Waals surface area contributed by atoms with Crippen molar-refractivity contribution in [3.63, 3.8) is 0 Å². The number of piperidine rings is 1. The van der Waals surface area contributed by atoms with Crippen molar-refractivity contribution in [3.8, 4) is 5.75 Å². The maximum atomic E-state index is 12.2. The number of hydrogen-bond acceptors (Lipinski definition) is 4. The van der Waals surface area contributed by atoms with E-state index in [1.807, 2.05) is 63.2 Å². The van der Waals surface area contributed by atoms with Crippen molar-refractivity contribution < 1.29 is 24.2 Å². The summed E-state index contributed by atoms with van der Waals surface area (Å²) in [5.41, 5.74) is 1.91. The van der Waals surface area contributed by atoms with E-state index in [2.05, 4.69) is 5.32 Å². The first-order chi connectivity index (χ1) is 15.2. The highest BCUT2D eigenvalue weighted by molar-refractivity contribution is 5.85. The molecule has 2 N–H and O–H groups in total. The Morgan fingerprint density at radius 1 is 1.22 bits per heavy atom. The summed E-state index contributed by atoms with van der Waals surface area (Å²) in [5, 5.41) is 12.6. The Bertz CT molecular complexity index is 1000. The van der Waals surface area contributed by atoms with Crippen molar-refractivity contribution in [2.24, 2.45) is 0 Å². The van der Waals surface area contributed by atoms with Crippen molar-refractivity contribution in [1.29, 1.82) is 0 Å². The van der Waals surface area contributed by atoms with Crippen LogP contribution in [0.2, 0.25) is 0 Å². The molecule has 2 aliphatic heterocycles. The van der Waals surface area contributed by atoms with Gasteiger partial charge in [-0.3, -0.25) is 5.32 Å². The second kappa shape index (κ2) is 8.37. The Kier molecular flexibility index (Phi) is 5.75. The van der Waals surface area contributed by atoms with Crippen molar-refractivity contribution in [2.75, 3.05) is 18.5 Å². The lowest BCUT2D eigenvalue weighted by Gasteiger charge is -2.43. The number of benzene rings is 2. The monoisotopic (exact) mass is 438 g/mol. The van der Waals surface area contributed by atoms with Crippen LogP contribution in [-0.4, -0.2) is 47.0 Å². The van der Waals surface area contributed by atoms with E-state index in [0.717, 1.165) is 16.9 Å². The SMILES string of the molecule is CC(C)(C)OC(=O)Nc1ccc2c(c1)C1(CCN(C(=O)O)C(Cc3ccccc3)C1)CO2. The molecule has 2 aliphatic rings. The topological polar surface area (TPSA) is 88.1 Å². The molecule has 2 amide bonds. The average Bonchev–Trinajstić information content (AvgIpc) is 3.04. The molecule has 0 radical (unpaired) electrons. The van der Waals surface area contributed by atoms with Crippen molar-refractivity contribution in [3.05, 3.63) is 59.7 Å². The Balaban J connectivity index is 1.58. The highest BCUT2D eigenvalue weighted by Gasteiger charge is 2.47. The van der Waals surface area contributed by atoms with Crippen molar-refractivity contribution in [1.82, 2.24) is 4.90 Å². The molecule has 2 aromatic rings. The number of anilines is 1. The number of ether oxygens (including phenoxy) is 2. The highest BCUT2D eigenvalue weighted by Crippen LogP contribution is 2.48. The molecule has 0 bridgehead atoms. The Morgan fingerprint density at radius 3 is 2.66 bits per heavy atom. The lowest BCUT2D eigenvalue weighted by atomic mass is 9.71. The van der Waals surface area contributed by atoms with Gasteiger partial charge in [0.2, 0.25) is 0 Å². The van der Waals surface area contributed by atoms with Gasteiger partial charge < -0.3 is 19.5 Å². The molecule has 1 saturated heterocycles. The molecular formula is C25H30N2O5. The van der Waals surface area contributed by atoms with Crippen LogP contribution in [0.3, 0.4) is 0 Å². The average molecular weight is 439 g/mol. The molecule has 1 fully saturated rings. The van der Waals surface area contributed by atoms with Gasteiger partial charge in [-0.05, 0) is 63.8 Å². The molecule has 170 valence electrons. The molecule has 1 spiro atoms. The first kappa shape index (κ1) is 22.0. The van der Waals surface area contributed by atoms with Crippen LogP contribution in [0, 0.1) is 0 Å². The Labute approximate surface area is 188 Å². The maximum Gasteiger partial charge on any atom is 0.412 e. The molecule has 4 rings (SSSR count). The third-order valence-electron chi connectivity index (χ3n) is 6.16. The van der Waals surface area contributed by atoms with Crippen LogP contribution in [-0.2, 0) is 16.6 Å². The molecule has 7 nitrogen and oxygen atoms in total. The van der Waals surface area contributed by atoms with Gasteiger partial charge in [-0.25, -0.2) is 9.59 Å². The lowest BCUT2D eigenvalue weighted by Crippen LogP contribution is -2.52. The van der Waals surface area contributed by atoms with Gasteiger partial charge in [0.15, 0.2) is 0 Å². The number of nitrogens with zero attached hydrogens (tertiary/aromatic N) is 1. The number of carbonyl (C=O) groups excluding carboxylic acids is 1. The third-order valence-corrected chi connectivity index (χ3v) is 6.16. The second-order valence-corrected chi connectivity index (χ2v) is 9.68. The zero-order valence-electron chi connectivity index (χ0n) is 18.8. The van der Waals surface area contributed by atoms with Gasteiger partial charge in [0.05, 0.1) is 6.61 Å². The smallest absolute Gasteiger partial charge is 0.412 e. The van der Waals surface area contributed by atoms with Gasteiger partial charge in [-0.1, -0.05) is 30.3 Å². The van der Waals surface area contributed by atoms with Crippen LogP contribution < -0.4 is 10.1 Å². The van der Waals surface area contributed by atoms with E-state index < -0.39 is 17.8 Å². The number of carboxylic acid groups (broad SMARTS) is 1. The van der Waals surface area contributed by atoms with Gasteiger partial charge in [0, 0.05) is 29.3 Å². The maximum absolute atomic E-state index is 12.2. The zero-order valence-corrected chi connectivity index (χ0v) is 18.8. The van der Waals surface area contributed by atoms with E-state index in [1.54, 1.807) is 11.0 Å². The Morgan fingerprint density at radius 2 is 1.97 bits per heavy atom. The summed E-state index contributed by atoms with van der Waals surface area (Å²) in [6.45, 7) is 6.42. The van der Waals surface area contributed by atoms with E-state index in [0.29, 0.717) is 38.1 Å². The summed E-state index contributed by atoms with van der Waals surface area (Å²) in [6, 6.07) is 15.4. The van der Waals surface area contributed by atoms with Gasteiger partial charge in [0.25, 0.3) is 0 Å². The van der Waals surface area contributed by atoms with E-state index in [-0.39, 0.29) is 11.5 Å². The largest absolute Gasteiger partial charge is 0.492 e. The molecule has 7 heteroatoms. The van der Waals surface area contributed by atoms with Crippen LogP contribution in [0.5, 0.6) is 5.75 Å². The molecular weight excluding hydrogens is 408 g/mol. The summed E-state index contributed by atoms with van der Waals surface area (Å²) in [7, 11) is 0. The molecule has 2 heterocycles. The second-order valence-electron chi connectivity index (χ2n) is 9.68. The number of likely N-dealkylation sites (tertiary alicyclic amines) is 1. The molecule has 2 unspecified atom stereocenters. The molecule has 0 aliphatic carbocycles.